The van der Waals surface area contributed by atoms with Crippen molar-refractivity contribution in [3.63, 3.8) is 0 Å². The first-order valence-corrected chi connectivity index (χ1v) is 7.00. The van der Waals surface area contributed by atoms with Crippen molar-refractivity contribution in [3.8, 4) is 0 Å². The highest BCUT2D eigenvalue weighted by molar-refractivity contribution is 9.10. The average molecular weight is 329 g/mol. The summed E-state index contributed by atoms with van der Waals surface area (Å²) < 4.78 is 2.99. The first-order valence-electron chi connectivity index (χ1n) is 5.83. The predicted octanol–water partition coefficient (Wildman–Crippen LogP) is 4.24. The second kappa shape index (κ2) is 5.76. The van der Waals surface area contributed by atoms with Crippen molar-refractivity contribution in [3.05, 3.63) is 45.1 Å². The first-order chi connectivity index (χ1) is 8.61. The summed E-state index contributed by atoms with van der Waals surface area (Å²) in [5, 5.41) is 8.50. The fraction of sp³-hybridized carbons (Fsp3) is 0.308. The highest BCUT2D eigenvalue weighted by atomic mass is 79.9. The van der Waals surface area contributed by atoms with Crippen LogP contribution < -0.4 is 5.32 Å². The van der Waals surface area contributed by atoms with Crippen LogP contribution in [0.4, 0.5) is 5.69 Å². The summed E-state index contributed by atoms with van der Waals surface area (Å²) in [6.07, 6.45) is 0. The van der Waals surface area contributed by atoms with Gasteiger partial charge in [-0.1, -0.05) is 33.6 Å². The van der Waals surface area contributed by atoms with Crippen LogP contribution in [0.3, 0.4) is 0 Å². The van der Waals surface area contributed by atoms with Gasteiger partial charge in [0, 0.05) is 16.7 Å². The largest absolute Gasteiger partial charge is 0.379 e. The quantitative estimate of drug-likeness (QED) is 0.910. The third-order valence-corrected chi connectivity index (χ3v) is 3.72. The molecule has 0 unspecified atom stereocenters. The first kappa shape index (κ1) is 13.4. The molecular weight excluding hydrogens is 314 g/mol. The second-order valence-corrected chi connectivity index (χ2v) is 5.32. The van der Waals surface area contributed by atoms with Crippen molar-refractivity contribution in [2.75, 3.05) is 5.32 Å². The number of nitrogens with one attached hydrogen (secondary N) is 1. The van der Waals surface area contributed by atoms with E-state index < -0.39 is 0 Å². The van der Waals surface area contributed by atoms with Crippen molar-refractivity contribution in [2.24, 2.45) is 0 Å². The van der Waals surface area contributed by atoms with Gasteiger partial charge in [-0.25, -0.2) is 0 Å². The Bertz CT molecular complexity index is 551. The molecule has 0 bridgehead atoms. The number of hydrogen-bond donors (Lipinski definition) is 1. The van der Waals surface area contributed by atoms with Gasteiger partial charge in [0.1, 0.15) is 0 Å². The lowest BCUT2D eigenvalue weighted by atomic mass is 10.3. The Balaban J connectivity index is 2.15. The zero-order valence-electron chi connectivity index (χ0n) is 10.4. The minimum absolute atomic E-state index is 0.671. The molecule has 5 heteroatoms. The molecule has 0 atom stereocenters. The summed E-state index contributed by atoms with van der Waals surface area (Å²) in [5.74, 6) is 0. The molecule has 2 rings (SSSR count). The fourth-order valence-corrected chi connectivity index (χ4v) is 2.42. The SMILES string of the molecule is CCn1nc(C)c(Cl)c1CNc1cccc(Br)c1. The van der Waals surface area contributed by atoms with Gasteiger partial charge in [-0.15, -0.1) is 0 Å². The number of rotatable bonds is 4. The molecule has 3 nitrogen and oxygen atoms in total. The second-order valence-electron chi connectivity index (χ2n) is 4.03. The maximum atomic E-state index is 6.26. The molecular formula is C13H15BrClN3. The van der Waals surface area contributed by atoms with Crippen LogP contribution in [-0.2, 0) is 13.1 Å². The highest BCUT2D eigenvalue weighted by Gasteiger charge is 2.11. The van der Waals surface area contributed by atoms with E-state index in [-0.39, 0.29) is 0 Å². The van der Waals surface area contributed by atoms with Crippen LogP contribution >= 0.6 is 27.5 Å². The average Bonchev–Trinajstić information content (AvgIpc) is 2.63. The van der Waals surface area contributed by atoms with Gasteiger partial charge in [-0.05, 0) is 32.0 Å². The third-order valence-electron chi connectivity index (χ3n) is 2.74. The summed E-state index contributed by atoms with van der Waals surface area (Å²) >= 11 is 9.71. The molecule has 0 fully saturated rings. The highest BCUT2D eigenvalue weighted by Crippen LogP contribution is 2.22. The molecule has 0 spiro atoms. The van der Waals surface area contributed by atoms with Gasteiger partial charge in [0.15, 0.2) is 0 Å². The van der Waals surface area contributed by atoms with Gasteiger partial charge in [-0.3, -0.25) is 4.68 Å². The zero-order chi connectivity index (χ0) is 13.1. The normalized spacial score (nSPS) is 10.7. The lowest BCUT2D eigenvalue weighted by molar-refractivity contribution is 0.623. The van der Waals surface area contributed by atoms with E-state index in [1.165, 1.54) is 0 Å². The Kier molecular flexibility index (Phi) is 4.30. The molecule has 0 aliphatic carbocycles. The van der Waals surface area contributed by atoms with Crippen LogP contribution in [-0.4, -0.2) is 9.78 Å². The van der Waals surface area contributed by atoms with Crippen LogP contribution in [0, 0.1) is 6.92 Å². The van der Waals surface area contributed by atoms with E-state index in [1.54, 1.807) is 0 Å². The molecule has 0 saturated heterocycles. The van der Waals surface area contributed by atoms with E-state index >= 15 is 0 Å². The zero-order valence-corrected chi connectivity index (χ0v) is 12.7. The predicted molar refractivity (Wildman–Crippen MR) is 79.1 cm³/mol. The summed E-state index contributed by atoms with van der Waals surface area (Å²) in [6, 6.07) is 8.06. The molecule has 0 aliphatic heterocycles. The maximum Gasteiger partial charge on any atom is 0.0865 e. The number of hydrogen-bond acceptors (Lipinski definition) is 2. The van der Waals surface area contributed by atoms with E-state index in [2.05, 4.69) is 33.3 Å². The molecule has 1 N–H and O–H groups in total. The van der Waals surface area contributed by atoms with Crippen LogP contribution in [0.1, 0.15) is 18.3 Å². The Labute approximate surface area is 120 Å². The standard InChI is InChI=1S/C13H15BrClN3/c1-3-18-12(13(15)9(2)17-18)8-16-11-6-4-5-10(14)7-11/h4-7,16H,3,8H2,1-2H3. The van der Waals surface area contributed by atoms with Gasteiger partial charge in [0.05, 0.1) is 23.0 Å². The Morgan fingerprint density at radius 1 is 1.44 bits per heavy atom. The van der Waals surface area contributed by atoms with E-state index in [4.69, 9.17) is 11.6 Å². The Hall–Kier alpha value is -1.000. The lowest BCUT2D eigenvalue weighted by Crippen LogP contribution is -2.08. The summed E-state index contributed by atoms with van der Waals surface area (Å²) in [6.45, 7) is 5.48. The van der Waals surface area contributed by atoms with Gasteiger partial charge < -0.3 is 5.32 Å². The number of nitrogens with zero attached hydrogens (tertiary/aromatic N) is 2. The van der Waals surface area contributed by atoms with Crippen molar-refractivity contribution >= 4 is 33.2 Å². The summed E-state index contributed by atoms with van der Waals surface area (Å²) in [7, 11) is 0. The van der Waals surface area contributed by atoms with Gasteiger partial charge in [-0.2, -0.15) is 5.10 Å². The van der Waals surface area contributed by atoms with Gasteiger partial charge in [0.2, 0.25) is 0 Å². The van der Waals surface area contributed by atoms with Crippen LogP contribution in [0.25, 0.3) is 0 Å². The minimum Gasteiger partial charge on any atom is -0.379 e. The van der Waals surface area contributed by atoms with Crippen LogP contribution in [0.5, 0.6) is 0 Å². The molecule has 1 aromatic heterocycles. The molecule has 0 radical (unpaired) electrons. The topological polar surface area (TPSA) is 29.9 Å². The van der Waals surface area contributed by atoms with Crippen molar-refractivity contribution in [2.45, 2.75) is 26.9 Å². The van der Waals surface area contributed by atoms with Gasteiger partial charge >= 0.3 is 0 Å². The molecule has 2 aromatic rings. The molecule has 18 heavy (non-hydrogen) atoms. The Morgan fingerprint density at radius 3 is 2.89 bits per heavy atom. The maximum absolute atomic E-state index is 6.26. The van der Waals surface area contributed by atoms with Crippen LogP contribution in [0.2, 0.25) is 5.02 Å². The van der Waals surface area contributed by atoms with E-state index in [0.717, 1.165) is 33.1 Å². The van der Waals surface area contributed by atoms with Crippen molar-refractivity contribution in [1.29, 1.82) is 0 Å². The molecule has 0 aliphatic rings. The molecule has 0 amide bonds. The fourth-order valence-electron chi connectivity index (χ4n) is 1.82. The van der Waals surface area contributed by atoms with Crippen molar-refractivity contribution in [1.82, 2.24) is 9.78 Å². The third kappa shape index (κ3) is 2.87. The number of benzene rings is 1. The molecule has 1 aromatic carbocycles. The van der Waals surface area contributed by atoms with E-state index in [9.17, 15) is 0 Å². The smallest absolute Gasteiger partial charge is 0.0865 e. The Morgan fingerprint density at radius 2 is 2.22 bits per heavy atom. The number of aromatic nitrogens is 2. The summed E-state index contributed by atoms with van der Waals surface area (Å²) in [5.41, 5.74) is 2.96. The van der Waals surface area contributed by atoms with Gasteiger partial charge in [0.25, 0.3) is 0 Å². The molecule has 1 heterocycles. The van der Waals surface area contributed by atoms with E-state index in [0.29, 0.717) is 6.54 Å². The monoisotopic (exact) mass is 327 g/mol. The lowest BCUT2D eigenvalue weighted by Gasteiger charge is -2.09. The minimum atomic E-state index is 0.671. The van der Waals surface area contributed by atoms with E-state index in [1.807, 2.05) is 35.9 Å². The number of anilines is 1. The molecule has 96 valence electrons. The number of halogens is 2. The number of aryl methyl sites for hydroxylation is 2. The molecule has 0 saturated carbocycles. The van der Waals surface area contributed by atoms with Crippen LogP contribution in [0.15, 0.2) is 28.7 Å². The van der Waals surface area contributed by atoms with Crippen molar-refractivity contribution < 1.29 is 0 Å². The summed E-state index contributed by atoms with van der Waals surface area (Å²) in [4.78, 5) is 0.